The Morgan fingerprint density at radius 1 is 1.19 bits per heavy atom. The van der Waals surface area contributed by atoms with Crippen LogP contribution in [-0.2, 0) is 6.42 Å². The number of hydrogen-bond acceptors (Lipinski definition) is 3. The van der Waals surface area contributed by atoms with Crippen molar-refractivity contribution >= 4 is 11.9 Å². The van der Waals surface area contributed by atoms with Crippen molar-refractivity contribution in [2.75, 3.05) is 6.54 Å². The maximum Gasteiger partial charge on any atom is 0.337 e. The van der Waals surface area contributed by atoms with Gasteiger partial charge in [0.2, 0.25) is 0 Å². The van der Waals surface area contributed by atoms with Gasteiger partial charge in [-0.05, 0) is 56.7 Å². The summed E-state index contributed by atoms with van der Waals surface area (Å²) in [6, 6.07) is 13.6. The Bertz CT molecular complexity index is 789. The molecule has 1 unspecified atom stereocenters. The van der Waals surface area contributed by atoms with Crippen molar-refractivity contribution in [3.8, 4) is 0 Å². The van der Waals surface area contributed by atoms with E-state index in [4.69, 9.17) is 5.11 Å². The minimum atomic E-state index is -1.02. The topological polar surface area (TPSA) is 70.5 Å². The normalized spacial score (nSPS) is 16.7. The molecular formula is C21H24N2O3. The summed E-state index contributed by atoms with van der Waals surface area (Å²) in [7, 11) is 0. The zero-order valence-corrected chi connectivity index (χ0v) is 15.0. The van der Waals surface area contributed by atoms with Gasteiger partial charge in [-0.25, -0.2) is 9.78 Å². The van der Waals surface area contributed by atoms with Crippen LogP contribution in [0.15, 0.2) is 42.5 Å². The Morgan fingerprint density at radius 3 is 2.65 bits per heavy atom. The first kappa shape index (κ1) is 18.1. The lowest BCUT2D eigenvalue weighted by atomic mass is 10.0. The molecule has 1 atom stereocenters. The zero-order valence-electron chi connectivity index (χ0n) is 15.0. The number of aryl methyl sites for hydroxylation is 2. The third-order valence-electron chi connectivity index (χ3n) is 5.02. The van der Waals surface area contributed by atoms with Gasteiger partial charge < -0.3 is 10.0 Å². The smallest absolute Gasteiger partial charge is 0.337 e. The number of likely N-dealkylation sites (tertiary alicyclic amines) is 1. The predicted octanol–water partition coefficient (Wildman–Crippen LogP) is 3.72. The molecule has 2 heterocycles. The number of carboxylic acid groups (broad SMARTS) is 1. The van der Waals surface area contributed by atoms with Crippen LogP contribution >= 0.6 is 0 Å². The number of aromatic carboxylic acids is 1. The standard InChI is InChI=1S/C21H24N2O3/c1-15-18(21(25)26)12-13-19(22-15)20(24)23-14-6-11-17(23)10-5-9-16-7-3-2-4-8-16/h2-4,7-8,12-13,17H,5-6,9-11,14H2,1H3,(H,25,26). The number of carbonyl (C=O) groups excluding carboxylic acids is 1. The van der Waals surface area contributed by atoms with Gasteiger partial charge in [-0.3, -0.25) is 4.79 Å². The van der Waals surface area contributed by atoms with Crippen LogP contribution in [-0.4, -0.2) is 39.5 Å². The molecule has 5 nitrogen and oxygen atoms in total. The number of benzene rings is 1. The summed E-state index contributed by atoms with van der Waals surface area (Å²) in [5, 5.41) is 9.10. The molecule has 136 valence electrons. The first-order chi connectivity index (χ1) is 12.6. The molecule has 1 fully saturated rings. The lowest BCUT2D eigenvalue weighted by molar-refractivity contribution is 0.0688. The molecule has 1 amide bonds. The van der Waals surface area contributed by atoms with Crippen molar-refractivity contribution in [3.63, 3.8) is 0 Å². The maximum absolute atomic E-state index is 12.8. The summed E-state index contributed by atoms with van der Waals surface area (Å²) in [4.78, 5) is 30.1. The van der Waals surface area contributed by atoms with Crippen molar-refractivity contribution < 1.29 is 14.7 Å². The zero-order chi connectivity index (χ0) is 18.5. The van der Waals surface area contributed by atoms with E-state index >= 15 is 0 Å². The van der Waals surface area contributed by atoms with Gasteiger partial charge in [0.1, 0.15) is 5.69 Å². The molecule has 1 N–H and O–H groups in total. The number of hydrogen-bond donors (Lipinski definition) is 1. The first-order valence-corrected chi connectivity index (χ1v) is 9.12. The number of nitrogens with zero attached hydrogens (tertiary/aromatic N) is 2. The second-order valence-electron chi connectivity index (χ2n) is 6.81. The summed E-state index contributed by atoms with van der Waals surface area (Å²) in [5.41, 5.74) is 2.18. The van der Waals surface area contributed by atoms with Gasteiger partial charge in [-0.15, -0.1) is 0 Å². The summed E-state index contributed by atoms with van der Waals surface area (Å²) in [6.45, 7) is 2.37. The van der Waals surface area contributed by atoms with Crippen LogP contribution in [0.25, 0.3) is 0 Å². The Morgan fingerprint density at radius 2 is 1.96 bits per heavy atom. The van der Waals surface area contributed by atoms with Gasteiger partial charge >= 0.3 is 5.97 Å². The van der Waals surface area contributed by atoms with E-state index in [0.29, 0.717) is 11.4 Å². The fourth-order valence-electron chi connectivity index (χ4n) is 3.64. The number of aromatic nitrogens is 1. The van der Waals surface area contributed by atoms with Crippen molar-refractivity contribution in [1.29, 1.82) is 0 Å². The summed E-state index contributed by atoms with van der Waals surface area (Å²) < 4.78 is 0. The molecule has 0 spiro atoms. The third-order valence-corrected chi connectivity index (χ3v) is 5.02. The lowest BCUT2D eigenvalue weighted by Gasteiger charge is -2.24. The maximum atomic E-state index is 12.8. The van der Waals surface area contributed by atoms with Crippen molar-refractivity contribution in [3.05, 3.63) is 65.0 Å². The van der Waals surface area contributed by atoms with Crippen LogP contribution in [0.5, 0.6) is 0 Å². The highest BCUT2D eigenvalue weighted by molar-refractivity contribution is 5.94. The van der Waals surface area contributed by atoms with Crippen LogP contribution in [0.1, 0.15) is 57.8 Å². The van der Waals surface area contributed by atoms with Gasteiger partial charge in [0.05, 0.1) is 11.3 Å². The van der Waals surface area contributed by atoms with E-state index < -0.39 is 5.97 Å². The largest absolute Gasteiger partial charge is 0.478 e. The number of rotatable bonds is 6. The van der Waals surface area contributed by atoms with E-state index in [2.05, 4.69) is 29.2 Å². The average Bonchev–Trinajstić information content (AvgIpc) is 3.10. The fraction of sp³-hybridized carbons (Fsp3) is 0.381. The van der Waals surface area contributed by atoms with E-state index in [9.17, 15) is 9.59 Å². The van der Waals surface area contributed by atoms with Crippen molar-refractivity contribution in [1.82, 2.24) is 9.88 Å². The number of amides is 1. The van der Waals surface area contributed by atoms with Gasteiger partial charge in [0, 0.05) is 12.6 Å². The Labute approximate surface area is 153 Å². The van der Waals surface area contributed by atoms with Crippen LogP contribution in [0.2, 0.25) is 0 Å². The fourth-order valence-corrected chi connectivity index (χ4v) is 3.64. The second-order valence-corrected chi connectivity index (χ2v) is 6.81. The average molecular weight is 352 g/mol. The second kappa shape index (κ2) is 8.13. The third kappa shape index (κ3) is 4.10. The molecule has 1 saturated heterocycles. The lowest BCUT2D eigenvalue weighted by Crippen LogP contribution is -2.36. The van der Waals surface area contributed by atoms with Crippen LogP contribution in [0.3, 0.4) is 0 Å². The van der Waals surface area contributed by atoms with Gasteiger partial charge in [0.25, 0.3) is 5.91 Å². The van der Waals surface area contributed by atoms with Gasteiger partial charge in [-0.2, -0.15) is 0 Å². The Hall–Kier alpha value is -2.69. The van der Waals surface area contributed by atoms with Crippen LogP contribution < -0.4 is 0 Å². The number of pyridine rings is 1. The summed E-state index contributed by atoms with van der Waals surface area (Å²) >= 11 is 0. The number of carbonyl (C=O) groups is 2. The minimum absolute atomic E-state index is 0.0905. The van der Waals surface area contributed by atoms with E-state index in [-0.39, 0.29) is 17.5 Å². The van der Waals surface area contributed by atoms with Crippen molar-refractivity contribution in [2.45, 2.75) is 45.1 Å². The molecule has 1 aromatic heterocycles. The molecule has 0 radical (unpaired) electrons. The molecule has 2 aromatic rings. The summed E-state index contributed by atoms with van der Waals surface area (Å²) in [5.74, 6) is -1.11. The monoisotopic (exact) mass is 352 g/mol. The van der Waals surface area contributed by atoms with Gasteiger partial charge in [-0.1, -0.05) is 30.3 Å². The van der Waals surface area contributed by atoms with Gasteiger partial charge in [0.15, 0.2) is 0 Å². The molecule has 3 rings (SSSR count). The quantitative estimate of drug-likeness (QED) is 0.860. The molecule has 0 bridgehead atoms. The van der Waals surface area contributed by atoms with E-state index in [0.717, 1.165) is 38.6 Å². The molecule has 0 saturated carbocycles. The van der Waals surface area contributed by atoms with Crippen LogP contribution in [0.4, 0.5) is 0 Å². The molecule has 1 aliphatic heterocycles. The molecular weight excluding hydrogens is 328 g/mol. The SMILES string of the molecule is Cc1nc(C(=O)N2CCCC2CCCc2ccccc2)ccc1C(=O)O. The molecule has 1 aromatic carbocycles. The van der Waals surface area contributed by atoms with E-state index in [1.165, 1.54) is 17.7 Å². The number of carboxylic acids is 1. The Balaban J connectivity index is 1.63. The van der Waals surface area contributed by atoms with E-state index in [1.54, 1.807) is 6.92 Å². The minimum Gasteiger partial charge on any atom is -0.478 e. The molecule has 1 aliphatic rings. The molecule has 0 aliphatic carbocycles. The molecule has 26 heavy (non-hydrogen) atoms. The Kier molecular flexibility index (Phi) is 5.66. The molecule has 5 heteroatoms. The highest BCUT2D eigenvalue weighted by atomic mass is 16.4. The first-order valence-electron chi connectivity index (χ1n) is 9.12. The summed E-state index contributed by atoms with van der Waals surface area (Å²) in [6.07, 6.45) is 5.07. The highest BCUT2D eigenvalue weighted by Crippen LogP contribution is 2.24. The van der Waals surface area contributed by atoms with E-state index in [1.807, 2.05) is 11.0 Å². The van der Waals surface area contributed by atoms with Crippen LogP contribution in [0, 0.1) is 6.92 Å². The highest BCUT2D eigenvalue weighted by Gasteiger charge is 2.30. The van der Waals surface area contributed by atoms with Crippen molar-refractivity contribution in [2.24, 2.45) is 0 Å². The predicted molar refractivity (Wildman–Crippen MR) is 99.4 cm³/mol.